The molecule has 0 bridgehead atoms. The molecule has 1 unspecified atom stereocenters. The molecule has 1 aromatic carbocycles. The monoisotopic (exact) mass is 247 g/mol. The average Bonchev–Trinajstić information content (AvgIpc) is 2.24. The molecule has 2 nitrogen and oxygen atoms in total. The number of nitrogens with one attached hydrogen (secondary N) is 1. The van der Waals surface area contributed by atoms with Gasteiger partial charge in [-0.05, 0) is 24.6 Å². The molecule has 0 aliphatic rings. The zero-order valence-electron chi connectivity index (χ0n) is 9.84. The highest BCUT2D eigenvalue weighted by Gasteiger charge is 2.29. The van der Waals surface area contributed by atoms with Crippen LogP contribution >= 0.6 is 0 Å². The third kappa shape index (κ3) is 5.58. The summed E-state index contributed by atoms with van der Waals surface area (Å²) in [6, 6.07) is 6.65. The first kappa shape index (κ1) is 13.8. The van der Waals surface area contributed by atoms with Crippen LogP contribution in [0.2, 0.25) is 0 Å². The Bertz CT molecular complexity index is 352. The maximum Gasteiger partial charge on any atom is 0.390 e. The molecule has 0 aromatic heterocycles. The van der Waals surface area contributed by atoms with Crippen molar-refractivity contribution in [3.05, 3.63) is 29.8 Å². The van der Waals surface area contributed by atoms with E-state index < -0.39 is 18.6 Å². The van der Waals surface area contributed by atoms with Gasteiger partial charge in [0, 0.05) is 12.6 Å². The summed E-state index contributed by atoms with van der Waals surface area (Å²) in [5, 5.41) is 2.83. The van der Waals surface area contributed by atoms with Crippen molar-refractivity contribution in [2.45, 2.75) is 32.1 Å². The lowest BCUT2D eigenvalue weighted by Crippen LogP contribution is -2.30. The minimum atomic E-state index is -4.12. The van der Waals surface area contributed by atoms with Crippen LogP contribution in [-0.2, 0) is 6.54 Å². The number of benzene rings is 1. The summed E-state index contributed by atoms with van der Waals surface area (Å²) in [7, 11) is 1.55. The van der Waals surface area contributed by atoms with Crippen LogP contribution in [-0.4, -0.2) is 19.3 Å². The van der Waals surface area contributed by atoms with Gasteiger partial charge in [0.25, 0.3) is 0 Å². The van der Waals surface area contributed by atoms with Crippen molar-refractivity contribution in [2.24, 2.45) is 0 Å². The maximum atomic E-state index is 12.1. The quantitative estimate of drug-likeness (QED) is 0.863. The lowest BCUT2D eigenvalue weighted by molar-refractivity contribution is -0.139. The first-order valence-corrected chi connectivity index (χ1v) is 5.34. The summed E-state index contributed by atoms with van der Waals surface area (Å²) >= 11 is 0. The molecular formula is C12H16F3NO. The fourth-order valence-electron chi connectivity index (χ4n) is 1.49. The van der Waals surface area contributed by atoms with Crippen LogP contribution in [0.4, 0.5) is 13.2 Å². The van der Waals surface area contributed by atoms with Gasteiger partial charge in [-0.2, -0.15) is 13.2 Å². The fourth-order valence-corrected chi connectivity index (χ4v) is 1.49. The molecule has 1 atom stereocenters. The van der Waals surface area contributed by atoms with Gasteiger partial charge in [-0.25, -0.2) is 0 Å². The van der Waals surface area contributed by atoms with E-state index in [-0.39, 0.29) is 0 Å². The number of alkyl halides is 3. The third-order valence-corrected chi connectivity index (χ3v) is 2.33. The SMILES string of the molecule is COc1cccc(CNC(C)CC(F)(F)F)c1. The Morgan fingerprint density at radius 2 is 2.06 bits per heavy atom. The van der Waals surface area contributed by atoms with Crippen molar-refractivity contribution in [1.29, 1.82) is 0 Å². The second-order valence-corrected chi connectivity index (χ2v) is 3.95. The van der Waals surface area contributed by atoms with Crippen LogP contribution in [0.3, 0.4) is 0 Å². The predicted molar refractivity (Wildman–Crippen MR) is 60.0 cm³/mol. The van der Waals surface area contributed by atoms with E-state index in [0.29, 0.717) is 12.3 Å². The summed E-state index contributed by atoms with van der Waals surface area (Å²) in [6.07, 6.45) is -4.95. The smallest absolute Gasteiger partial charge is 0.390 e. The Morgan fingerprint density at radius 3 is 2.65 bits per heavy atom. The van der Waals surface area contributed by atoms with Crippen LogP contribution < -0.4 is 10.1 Å². The first-order valence-electron chi connectivity index (χ1n) is 5.34. The Labute approximate surface area is 98.8 Å². The minimum Gasteiger partial charge on any atom is -0.497 e. The van der Waals surface area contributed by atoms with Crippen LogP contribution in [0.5, 0.6) is 5.75 Å². The molecule has 0 aliphatic carbocycles. The Hall–Kier alpha value is -1.23. The van der Waals surface area contributed by atoms with Gasteiger partial charge >= 0.3 is 6.18 Å². The average molecular weight is 247 g/mol. The molecule has 0 saturated carbocycles. The summed E-state index contributed by atoms with van der Waals surface area (Å²) in [6.45, 7) is 1.92. The summed E-state index contributed by atoms with van der Waals surface area (Å²) in [5.74, 6) is 0.702. The highest BCUT2D eigenvalue weighted by molar-refractivity contribution is 5.28. The van der Waals surface area contributed by atoms with Crippen LogP contribution in [0, 0.1) is 0 Å². The van der Waals surface area contributed by atoms with E-state index in [1.54, 1.807) is 19.2 Å². The van der Waals surface area contributed by atoms with E-state index in [4.69, 9.17) is 4.74 Å². The van der Waals surface area contributed by atoms with Crippen molar-refractivity contribution in [1.82, 2.24) is 5.32 Å². The Morgan fingerprint density at radius 1 is 1.35 bits per heavy atom. The molecule has 0 aliphatic heterocycles. The van der Waals surface area contributed by atoms with Gasteiger partial charge in [0.05, 0.1) is 13.5 Å². The zero-order chi connectivity index (χ0) is 12.9. The molecule has 0 heterocycles. The lowest BCUT2D eigenvalue weighted by Gasteiger charge is -2.16. The van der Waals surface area contributed by atoms with E-state index in [9.17, 15) is 13.2 Å². The van der Waals surface area contributed by atoms with E-state index >= 15 is 0 Å². The topological polar surface area (TPSA) is 21.3 Å². The van der Waals surface area contributed by atoms with Crippen molar-refractivity contribution >= 4 is 0 Å². The maximum absolute atomic E-state index is 12.1. The molecule has 0 spiro atoms. The zero-order valence-corrected chi connectivity index (χ0v) is 9.84. The van der Waals surface area contributed by atoms with Gasteiger partial charge < -0.3 is 10.1 Å². The minimum absolute atomic E-state index is 0.397. The Kier molecular flexibility index (Phi) is 4.81. The molecule has 96 valence electrons. The van der Waals surface area contributed by atoms with Crippen molar-refractivity contribution in [2.75, 3.05) is 7.11 Å². The highest BCUT2D eigenvalue weighted by atomic mass is 19.4. The summed E-state index contributed by atoms with van der Waals surface area (Å²) in [4.78, 5) is 0. The standard InChI is InChI=1S/C12H16F3NO/c1-9(7-12(13,14)15)16-8-10-4-3-5-11(6-10)17-2/h3-6,9,16H,7-8H2,1-2H3. The van der Waals surface area contributed by atoms with Gasteiger partial charge in [0.15, 0.2) is 0 Å². The highest BCUT2D eigenvalue weighted by Crippen LogP contribution is 2.21. The first-order chi connectivity index (χ1) is 7.90. The third-order valence-electron chi connectivity index (χ3n) is 2.33. The summed E-state index contributed by atoms with van der Waals surface area (Å²) < 4.78 is 41.3. The van der Waals surface area contributed by atoms with Crippen LogP contribution in [0.1, 0.15) is 18.9 Å². The van der Waals surface area contributed by atoms with Gasteiger partial charge in [0.2, 0.25) is 0 Å². The van der Waals surface area contributed by atoms with Gasteiger partial charge in [-0.15, -0.1) is 0 Å². The molecule has 1 aromatic rings. The molecule has 17 heavy (non-hydrogen) atoms. The predicted octanol–water partition coefficient (Wildman–Crippen LogP) is 3.13. The number of hydrogen-bond acceptors (Lipinski definition) is 2. The van der Waals surface area contributed by atoms with Crippen LogP contribution in [0.25, 0.3) is 0 Å². The largest absolute Gasteiger partial charge is 0.497 e. The molecular weight excluding hydrogens is 231 g/mol. The second kappa shape index (κ2) is 5.91. The van der Waals surface area contributed by atoms with Crippen molar-refractivity contribution in [3.63, 3.8) is 0 Å². The number of methoxy groups -OCH3 is 1. The Balaban J connectivity index is 2.44. The summed E-state index contributed by atoms with van der Waals surface area (Å²) in [5.41, 5.74) is 0.901. The normalized spacial score (nSPS) is 13.5. The fraction of sp³-hybridized carbons (Fsp3) is 0.500. The second-order valence-electron chi connectivity index (χ2n) is 3.95. The van der Waals surface area contributed by atoms with Gasteiger partial charge in [0.1, 0.15) is 5.75 Å². The number of ether oxygens (including phenoxy) is 1. The number of rotatable bonds is 5. The van der Waals surface area contributed by atoms with E-state index in [1.807, 2.05) is 12.1 Å². The number of hydrogen-bond donors (Lipinski definition) is 1. The molecule has 0 radical (unpaired) electrons. The van der Waals surface area contributed by atoms with E-state index in [1.165, 1.54) is 6.92 Å². The molecule has 0 amide bonds. The molecule has 1 N–H and O–H groups in total. The van der Waals surface area contributed by atoms with E-state index in [0.717, 1.165) is 5.56 Å². The van der Waals surface area contributed by atoms with Crippen molar-refractivity contribution in [3.8, 4) is 5.75 Å². The van der Waals surface area contributed by atoms with Crippen LogP contribution in [0.15, 0.2) is 24.3 Å². The number of halogens is 3. The van der Waals surface area contributed by atoms with Crippen molar-refractivity contribution < 1.29 is 17.9 Å². The molecule has 0 fully saturated rings. The van der Waals surface area contributed by atoms with Gasteiger partial charge in [-0.1, -0.05) is 12.1 Å². The lowest BCUT2D eigenvalue weighted by atomic mass is 10.2. The molecule has 1 rings (SSSR count). The van der Waals surface area contributed by atoms with Gasteiger partial charge in [-0.3, -0.25) is 0 Å². The molecule has 0 saturated heterocycles. The van der Waals surface area contributed by atoms with E-state index in [2.05, 4.69) is 5.32 Å². The molecule has 5 heteroatoms.